The van der Waals surface area contributed by atoms with Crippen molar-refractivity contribution in [3.63, 3.8) is 0 Å². The molecular weight excluding hydrogens is 246 g/mol. The van der Waals surface area contributed by atoms with Gasteiger partial charge in [0.25, 0.3) is 0 Å². The van der Waals surface area contributed by atoms with Crippen molar-refractivity contribution in [2.24, 2.45) is 5.92 Å². The van der Waals surface area contributed by atoms with E-state index in [-0.39, 0.29) is 11.9 Å². The molecule has 1 saturated heterocycles. The van der Waals surface area contributed by atoms with Crippen molar-refractivity contribution >= 4 is 22.7 Å². The molecule has 1 amide bonds. The molecule has 0 radical (unpaired) electrons. The smallest absolute Gasteiger partial charge is 0.408 e. The van der Waals surface area contributed by atoms with Gasteiger partial charge in [0.1, 0.15) is 0 Å². The van der Waals surface area contributed by atoms with Gasteiger partial charge in [0.15, 0.2) is 5.58 Å². The highest BCUT2D eigenvalue weighted by Gasteiger charge is 2.29. The molecule has 0 saturated carbocycles. The van der Waals surface area contributed by atoms with E-state index in [1.807, 2.05) is 0 Å². The number of fused-ring (bicyclic) bond motifs is 1. The predicted octanol–water partition coefficient (Wildman–Crippen LogP) is 1.06. The van der Waals surface area contributed by atoms with Crippen LogP contribution in [0, 0.1) is 5.92 Å². The fraction of sp³-hybridized carbons (Fsp3) is 0.385. The number of carbonyl (C=O) groups is 1. The molecule has 1 fully saturated rings. The number of carbonyl (C=O) groups excluding carboxylic acids is 1. The zero-order chi connectivity index (χ0) is 13.4. The second kappa shape index (κ2) is 4.55. The molecule has 0 spiro atoms. The molecule has 6 heteroatoms. The molecular formula is C13H15N3O3. The number of hydrogen-bond donors (Lipinski definition) is 3. The Balaban J connectivity index is 1.80. The van der Waals surface area contributed by atoms with Gasteiger partial charge in [-0.05, 0) is 37.1 Å². The van der Waals surface area contributed by atoms with E-state index < -0.39 is 5.76 Å². The molecule has 1 aliphatic rings. The molecule has 100 valence electrons. The molecule has 2 atom stereocenters. The average molecular weight is 261 g/mol. The predicted molar refractivity (Wildman–Crippen MR) is 71.0 cm³/mol. The summed E-state index contributed by atoms with van der Waals surface area (Å²) in [5.41, 5.74) is 1.71. The summed E-state index contributed by atoms with van der Waals surface area (Å²) in [7, 11) is 0. The first-order valence-electron chi connectivity index (χ1n) is 6.30. The maximum Gasteiger partial charge on any atom is 0.417 e. The zero-order valence-corrected chi connectivity index (χ0v) is 10.5. The van der Waals surface area contributed by atoms with Gasteiger partial charge < -0.3 is 15.1 Å². The number of hydrogen-bond acceptors (Lipinski definition) is 4. The van der Waals surface area contributed by atoms with E-state index in [4.69, 9.17) is 4.42 Å². The van der Waals surface area contributed by atoms with Crippen LogP contribution in [0.2, 0.25) is 0 Å². The maximum atomic E-state index is 12.1. The summed E-state index contributed by atoms with van der Waals surface area (Å²) in [6.07, 6.45) is 1.01. The van der Waals surface area contributed by atoms with Gasteiger partial charge in [-0.2, -0.15) is 0 Å². The summed E-state index contributed by atoms with van der Waals surface area (Å²) in [6.45, 7) is 2.92. The van der Waals surface area contributed by atoms with Crippen molar-refractivity contribution < 1.29 is 9.21 Å². The fourth-order valence-electron chi connectivity index (χ4n) is 2.44. The number of nitrogens with one attached hydrogen (secondary N) is 3. The van der Waals surface area contributed by atoms with E-state index >= 15 is 0 Å². The highest BCUT2D eigenvalue weighted by atomic mass is 16.4. The van der Waals surface area contributed by atoms with Gasteiger partial charge in [0, 0.05) is 5.69 Å². The first-order valence-corrected chi connectivity index (χ1v) is 6.30. The summed E-state index contributed by atoms with van der Waals surface area (Å²) in [5.74, 6) is -0.211. The summed E-state index contributed by atoms with van der Waals surface area (Å²) in [5, 5.41) is 6.03. The normalized spacial score (nSPS) is 22.8. The van der Waals surface area contributed by atoms with Crippen LogP contribution < -0.4 is 16.4 Å². The van der Waals surface area contributed by atoms with E-state index in [0.717, 1.165) is 13.0 Å². The number of rotatable bonds is 2. The summed E-state index contributed by atoms with van der Waals surface area (Å²) < 4.78 is 4.91. The SMILES string of the molecule is CC1CCNC1C(=O)Nc1ccc2oc(=O)[nH]c2c1. The van der Waals surface area contributed by atoms with Crippen LogP contribution in [-0.2, 0) is 4.79 Å². The maximum absolute atomic E-state index is 12.1. The molecule has 2 aromatic rings. The molecule has 1 aromatic heterocycles. The fourth-order valence-corrected chi connectivity index (χ4v) is 2.44. The van der Waals surface area contributed by atoms with E-state index in [2.05, 4.69) is 22.5 Å². The minimum atomic E-state index is -0.496. The Hall–Kier alpha value is -2.08. The molecule has 1 aliphatic heterocycles. The molecule has 3 rings (SSSR count). The number of oxazole rings is 1. The van der Waals surface area contributed by atoms with E-state index in [1.54, 1.807) is 18.2 Å². The lowest BCUT2D eigenvalue weighted by molar-refractivity contribution is -0.118. The highest BCUT2D eigenvalue weighted by Crippen LogP contribution is 2.19. The number of anilines is 1. The second-order valence-corrected chi connectivity index (χ2v) is 4.91. The number of amides is 1. The van der Waals surface area contributed by atoms with E-state index in [0.29, 0.717) is 22.7 Å². The molecule has 0 aliphatic carbocycles. The van der Waals surface area contributed by atoms with Crippen LogP contribution in [-0.4, -0.2) is 23.5 Å². The minimum absolute atomic E-state index is 0.0461. The van der Waals surface area contributed by atoms with Crippen molar-refractivity contribution in [2.45, 2.75) is 19.4 Å². The molecule has 2 unspecified atom stereocenters. The average Bonchev–Trinajstić information content (AvgIpc) is 2.93. The molecule has 19 heavy (non-hydrogen) atoms. The Morgan fingerprint density at radius 2 is 2.32 bits per heavy atom. The standard InChI is InChI=1S/C13H15N3O3/c1-7-4-5-14-11(7)12(17)15-8-2-3-10-9(6-8)16-13(18)19-10/h2-3,6-7,11,14H,4-5H2,1H3,(H,15,17)(H,16,18). The van der Waals surface area contributed by atoms with Crippen LogP contribution in [0.15, 0.2) is 27.4 Å². The second-order valence-electron chi connectivity index (χ2n) is 4.91. The number of aromatic nitrogens is 1. The lowest BCUT2D eigenvalue weighted by atomic mass is 10.0. The van der Waals surface area contributed by atoms with Gasteiger partial charge in [-0.3, -0.25) is 9.78 Å². The van der Waals surface area contributed by atoms with Crippen LogP contribution in [0.25, 0.3) is 11.1 Å². The quantitative estimate of drug-likeness (QED) is 0.754. The first-order chi connectivity index (χ1) is 9.13. The Labute approximate surface area is 109 Å². The third-order valence-corrected chi connectivity index (χ3v) is 3.50. The van der Waals surface area contributed by atoms with Crippen LogP contribution in [0.5, 0.6) is 0 Å². The van der Waals surface area contributed by atoms with Crippen LogP contribution in [0.1, 0.15) is 13.3 Å². The molecule has 1 aromatic carbocycles. The lowest BCUT2D eigenvalue weighted by Crippen LogP contribution is -2.39. The van der Waals surface area contributed by atoms with Gasteiger partial charge in [0.05, 0.1) is 11.6 Å². The Morgan fingerprint density at radius 1 is 1.47 bits per heavy atom. The van der Waals surface area contributed by atoms with E-state index in [9.17, 15) is 9.59 Å². The van der Waals surface area contributed by atoms with Crippen LogP contribution in [0.3, 0.4) is 0 Å². The van der Waals surface area contributed by atoms with Gasteiger partial charge in [-0.15, -0.1) is 0 Å². The molecule has 6 nitrogen and oxygen atoms in total. The summed E-state index contributed by atoms with van der Waals surface area (Å²) in [6, 6.07) is 4.92. The van der Waals surface area contributed by atoms with Gasteiger partial charge >= 0.3 is 5.76 Å². The zero-order valence-electron chi connectivity index (χ0n) is 10.5. The minimum Gasteiger partial charge on any atom is -0.408 e. The van der Waals surface area contributed by atoms with Crippen molar-refractivity contribution in [1.82, 2.24) is 10.3 Å². The van der Waals surface area contributed by atoms with Crippen LogP contribution >= 0.6 is 0 Å². The summed E-state index contributed by atoms with van der Waals surface area (Å²) in [4.78, 5) is 25.7. The molecule has 2 heterocycles. The lowest BCUT2D eigenvalue weighted by Gasteiger charge is -2.15. The van der Waals surface area contributed by atoms with E-state index in [1.165, 1.54) is 0 Å². The molecule has 3 N–H and O–H groups in total. The Kier molecular flexibility index (Phi) is 2.87. The largest absolute Gasteiger partial charge is 0.417 e. The van der Waals surface area contributed by atoms with Gasteiger partial charge in [-0.25, -0.2) is 4.79 Å². The van der Waals surface area contributed by atoms with Crippen molar-refractivity contribution in [3.8, 4) is 0 Å². The monoisotopic (exact) mass is 261 g/mol. The first kappa shape index (κ1) is 12.0. The number of H-pyrrole nitrogens is 1. The van der Waals surface area contributed by atoms with Crippen molar-refractivity contribution in [3.05, 3.63) is 28.7 Å². The molecule has 0 bridgehead atoms. The highest BCUT2D eigenvalue weighted by molar-refractivity contribution is 5.96. The van der Waals surface area contributed by atoms with Crippen molar-refractivity contribution in [1.29, 1.82) is 0 Å². The summed E-state index contributed by atoms with van der Waals surface area (Å²) >= 11 is 0. The topological polar surface area (TPSA) is 87.1 Å². The Bertz CT molecular complexity index is 673. The number of aromatic amines is 1. The van der Waals surface area contributed by atoms with Crippen LogP contribution in [0.4, 0.5) is 5.69 Å². The van der Waals surface area contributed by atoms with Gasteiger partial charge in [0.2, 0.25) is 5.91 Å². The van der Waals surface area contributed by atoms with Crippen molar-refractivity contribution in [2.75, 3.05) is 11.9 Å². The third-order valence-electron chi connectivity index (χ3n) is 3.50. The van der Waals surface area contributed by atoms with Gasteiger partial charge in [-0.1, -0.05) is 6.92 Å². The third kappa shape index (κ3) is 2.26. The Morgan fingerprint density at radius 3 is 3.05 bits per heavy atom. The number of benzene rings is 1.